The lowest BCUT2D eigenvalue weighted by Gasteiger charge is -2.40. The Bertz CT molecular complexity index is 1160. The summed E-state index contributed by atoms with van der Waals surface area (Å²) in [6.07, 6.45) is -4.38. The van der Waals surface area contributed by atoms with Gasteiger partial charge in [-0.15, -0.1) is 5.10 Å². The average molecular weight is 466 g/mol. The zero-order valence-corrected chi connectivity index (χ0v) is 17.7. The zero-order valence-electron chi connectivity index (χ0n) is 17.0. The number of halogens is 1. The van der Waals surface area contributed by atoms with E-state index in [4.69, 9.17) is 21.4 Å². The van der Waals surface area contributed by atoms with Crippen LogP contribution in [0.4, 0.5) is 0 Å². The molecule has 3 heterocycles. The van der Waals surface area contributed by atoms with Crippen molar-refractivity contribution in [2.24, 2.45) is 0 Å². The molecule has 0 unspecified atom stereocenters. The summed E-state index contributed by atoms with van der Waals surface area (Å²) in [5, 5.41) is 53.7. The van der Waals surface area contributed by atoms with E-state index < -0.39 is 37.1 Å². The van der Waals surface area contributed by atoms with Crippen LogP contribution in [0, 0.1) is 0 Å². The normalized spacial score (nSPS) is 26.0. The van der Waals surface area contributed by atoms with Gasteiger partial charge in [0.2, 0.25) is 0 Å². The maximum atomic E-state index is 12.8. The molecule has 0 radical (unpaired) electrons. The van der Waals surface area contributed by atoms with E-state index in [2.05, 4.69) is 5.10 Å². The maximum Gasteiger partial charge on any atom is 0.350 e. The summed E-state index contributed by atoms with van der Waals surface area (Å²) in [5.41, 5.74) is 1.85. The molecule has 32 heavy (non-hydrogen) atoms. The molecule has 1 aliphatic heterocycles. The molecule has 1 aromatic carbocycles. The fourth-order valence-electron chi connectivity index (χ4n) is 3.87. The Morgan fingerprint density at radius 1 is 1.06 bits per heavy atom. The highest BCUT2D eigenvalue weighted by molar-refractivity contribution is 6.31. The maximum absolute atomic E-state index is 12.8. The van der Waals surface area contributed by atoms with Gasteiger partial charge >= 0.3 is 5.69 Å². The first-order valence-corrected chi connectivity index (χ1v) is 10.5. The molecule has 3 aromatic rings. The number of nitrogens with zero attached hydrogens (tertiary/aromatic N) is 3. The fraction of sp³-hybridized carbons (Fsp3) is 0.429. The lowest BCUT2D eigenvalue weighted by molar-refractivity contribution is -0.231. The Morgan fingerprint density at radius 3 is 2.56 bits per heavy atom. The monoisotopic (exact) mass is 465 g/mol. The zero-order chi connectivity index (χ0) is 23.0. The summed E-state index contributed by atoms with van der Waals surface area (Å²) in [4.78, 5) is 12.8. The number of benzene rings is 1. The number of aliphatic hydroxyl groups excluding tert-OH is 5. The predicted molar refractivity (Wildman–Crippen MR) is 114 cm³/mol. The van der Waals surface area contributed by atoms with Crippen molar-refractivity contribution in [1.82, 2.24) is 14.2 Å². The lowest BCUT2D eigenvalue weighted by atomic mass is 9.90. The molecule has 172 valence electrons. The predicted octanol–water partition coefficient (Wildman–Crippen LogP) is -0.753. The number of hydrogen-bond acceptors (Lipinski definition) is 8. The van der Waals surface area contributed by atoms with Gasteiger partial charge in [0.05, 0.1) is 13.2 Å². The molecule has 5 N–H and O–H groups in total. The first-order chi connectivity index (χ1) is 15.3. The topological polar surface area (TPSA) is 150 Å². The molecule has 0 amide bonds. The molecule has 11 heteroatoms. The van der Waals surface area contributed by atoms with Gasteiger partial charge in [-0.3, -0.25) is 4.40 Å². The van der Waals surface area contributed by atoms with Crippen LogP contribution in [-0.4, -0.2) is 77.3 Å². The summed E-state index contributed by atoms with van der Waals surface area (Å²) in [6.45, 7) is -0.522. The molecule has 1 saturated heterocycles. The smallest absolute Gasteiger partial charge is 0.350 e. The van der Waals surface area contributed by atoms with Gasteiger partial charge < -0.3 is 30.3 Å². The van der Waals surface area contributed by atoms with Crippen LogP contribution in [0.5, 0.6) is 0 Å². The third-order valence-electron chi connectivity index (χ3n) is 5.65. The van der Waals surface area contributed by atoms with Gasteiger partial charge in [0, 0.05) is 17.8 Å². The minimum Gasteiger partial charge on any atom is -0.396 e. The third-order valence-corrected chi connectivity index (χ3v) is 6.02. The van der Waals surface area contributed by atoms with E-state index in [-0.39, 0.29) is 18.8 Å². The molecule has 1 fully saturated rings. The summed E-state index contributed by atoms with van der Waals surface area (Å²) in [6, 6.07) is 8.28. The highest BCUT2D eigenvalue weighted by atomic mass is 35.5. The van der Waals surface area contributed by atoms with Crippen LogP contribution in [0.1, 0.15) is 22.8 Å². The molecule has 5 atom stereocenters. The molecule has 4 rings (SSSR count). The van der Waals surface area contributed by atoms with Crippen LogP contribution in [0.15, 0.2) is 41.3 Å². The van der Waals surface area contributed by atoms with Crippen LogP contribution >= 0.6 is 11.6 Å². The number of fused-ring (bicyclic) bond motifs is 1. The van der Waals surface area contributed by atoms with Gasteiger partial charge in [-0.2, -0.15) is 0 Å². The molecule has 1 aliphatic rings. The van der Waals surface area contributed by atoms with Crippen LogP contribution in [0.3, 0.4) is 0 Å². The second-order valence-corrected chi connectivity index (χ2v) is 8.19. The summed E-state index contributed by atoms with van der Waals surface area (Å²) in [7, 11) is 0. The van der Waals surface area contributed by atoms with Crippen LogP contribution < -0.4 is 5.69 Å². The van der Waals surface area contributed by atoms with Gasteiger partial charge in [0.25, 0.3) is 0 Å². The quantitative estimate of drug-likeness (QED) is 0.319. The summed E-state index contributed by atoms with van der Waals surface area (Å²) >= 11 is 6.34. The van der Waals surface area contributed by atoms with E-state index in [1.165, 1.54) is 9.08 Å². The van der Waals surface area contributed by atoms with E-state index in [9.17, 15) is 25.2 Å². The van der Waals surface area contributed by atoms with Gasteiger partial charge in [0.15, 0.2) is 5.65 Å². The Kier molecular flexibility index (Phi) is 6.63. The third kappa shape index (κ3) is 4.18. The van der Waals surface area contributed by atoms with Gasteiger partial charge in [0.1, 0.15) is 30.5 Å². The standard InChI is InChI=1S/C21H24ClN3O7/c22-14-3-2-12(20-19(30)18(29)17(28)15(10-27)32-20)7-13(14)9-25-21(31)24-8-11(5-6-26)1-4-16(24)23-25/h1-4,7-8,15,17-20,26-30H,5-6,9-10H2/t15-,17-,18+,19-,20+/m1/s1. The molecule has 10 nitrogen and oxygen atoms in total. The van der Waals surface area contributed by atoms with Crippen molar-refractivity contribution in [3.8, 4) is 0 Å². The fourth-order valence-corrected chi connectivity index (χ4v) is 4.05. The van der Waals surface area contributed by atoms with E-state index in [1.54, 1.807) is 36.5 Å². The minimum absolute atomic E-state index is 0.0330. The van der Waals surface area contributed by atoms with Gasteiger partial charge in [-0.1, -0.05) is 23.7 Å². The van der Waals surface area contributed by atoms with Crippen molar-refractivity contribution in [2.75, 3.05) is 13.2 Å². The number of aliphatic hydroxyl groups is 5. The summed E-state index contributed by atoms with van der Waals surface area (Å²) in [5.74, 6) is 0. The second-order valence-electron chi connectivity index (χ2n) is 7.78. The minimum atomic E-state index is -1.50. The Hall–Kier alpha value is -2.31. The van der Waals surface area contributed by atoms with Crippen LogP contribution in [0.25, 0.3) is 5.65 Å². The molecule has 0 aliphatic carbocycles. The highest BCUT2D eigenvalue weighted by Gasteiger charge is 2.44. The van der Waals surface area contributed by atoms with Crippen LogP contribution in [0.2, 0.25) is 5.02 Å². The van der Waals surface area contributed by atoms with E-state index in [1.807, 2.05) is 0 Å². The van der Waals surface area contributed by atoms with E-state index >= 15 is 0 Å². The largest absolute Gasteiger partial charge is 0.396 e. The van der Waals surface area contributed by atoms with Crippen molar-refractivity contribution in [3.63, 3.8) is 0 Å². The first-order valence-electron chi connectivity index (χ1n) is 10.1. The molecule has 0 spiro atoms. The van der Waals surface area contributed by atoms with Gasteiger partial charge in [-0.25, -0.2) is 9.48 Å². The Labute approximate surface area is 187 Å². The van der Waals surface area contributed by atoms with E-state index in [0.29, 0.717) is 28.2 Å². The number of hydrogen-bond donors (Lipinski definition) is 5. The highest BCUT2D eigenvalue weighted by Crippen LogP contribution is 2.34. The number of rotatable bonds is 6. The SMILES string of the molecule is O=c1n(Cc2cc([C@@H]3O[C@H](CO)[C@@H](O)[C@H](O)[C@H]3O)ccc2Cl)nc2ccc(CCO)cn12. The van der Waals surface area contributed by atoms with E-state index in [0.717, 1.165) is 5.56 Å². The molecular formula is C21H24ClN3O7. The van der Waals surface area contributed by atoms with Crippen molar-refractivity contribution in [3.05, 3.63) is 68.7 Å². The van der Waals surface area contributed by atoms with Crippen molar-refractivity contribution < 1.29 is 30.3 Å². The number of ether oxygens (including phenoxy) is 1. The lowest BCUT2D eigenvalue weighted by Crippen LogP contribution is -2.55. The molecule has 2 aromatic heterocycles. The van der Waals surface area contributed by atoms with Crippen molar-refractivity contribution in [1.29, 1.82) is 0 Å². The Morgan fingerprint density at radius 2 is 1.84 bits per heavy atom. The Balaban J connectivity index is 1.65. The summed E-state index contributed by atoms with van der Waals surface area (Å²) < 4.78 is 8.24. The average Bonchev–Trinajstić information content (AvgIpc) is 3.09. The first kappa shape index (κ1) is 22.9. The molecule has 0 saturated carbocycles. The molecular weight excluding hydrogens is 442 g/mol. The molecule has 0 bridgehead atoms. The van der Waals surface area contributed by atoms with Gasteiger partial charge in [-0.05, 0) is 41.3 Å². The van der Waals surface area contributed by atoms with Crippen molar-refractivity contribution in [2.45, 2.75) is 43.5 Å². The number of pyridine rings is 1. The van der Waals surface area contributed by atoms with Crippen molar-refractivity contribution >= 4 is 17.2 Å². The second kappa shape index (κ2) is 9.28. The number of aromatic nitrogens is 3. The van der Waals surface area contributed by atoms with Crippen LogP contribution in [-0.2, 0) is 17.7 Å².